The molecule has 2 rings (SSSR count). The molecule has 68 valence electrons. The molecule has 2 nitrogen and oxygen atoms in total. The Morgan fingerprint density at radius 2 is 2.33 bits per heavy atom. The van der Waals surface area contributed by atoms with Crippen LogP contribution in [0.1, 0.15) is 32.6 Å². The van der Waals surface area contributed by atoms with Crippen molar-refractivity contribution in [2.24, 2.45) is 0 Å². The number of hydrogen-bond donors (Lipinski definition) is 1. The fourth-order valence-electron chi connectivity index (χ4n) is 2.62. The Bertz CT molecular complexity index is 174. The van der Waals surface area contributed by atoms with Crippen LogP contribution in [0.4, 0.5) is 0 Å². The van der Waals surface area contributed by atoms with E-state index in [4.69, 9.17) is 4.74 Å². The highest BCUT2D eigenvalue weighted by atomic mass is 16.6. The molecule has 3 unspecified atom stereocenters. The van der Waals surface area contributed by atoms with Gasteiger partial charge in [-0.1, -0.05) is 12.7 Å². The van der Waals surface area contributed by atoms with Crippen molar-refractivity contribution in [3.63, 3.8) is 0 Å². The number of aliphatic hydroxyl groups is 1. The summed E-state index contributed by atoms with van der Waals surface area (Å²) in [6.07, 6.45) is 5.71. The molecule has 0 aromatic carbocycles. The lowest BCUT2D eigenvalue weighted by atomic mass is 9.59. The monoisotopic (exact) mass is 168 g/mol. The molecule has 2 aliphatic rings. The first-order valence-corrected chi connectivity index (χ1v) is 5.11. The first-order valence-electron chi connectivity index (χ1n) is 5.11. The summed E-state index contributed by atoms with van der Waals surface area (Å²) in [4.78, 5) is 0. The third-order valence-corrected chi connectivity index (χ3v) is 3.29. The highest BCUT2D eigenvalue weighted by Gasteiger charge is 2.44. The first kappa shape index (κ1) is 8.58. The van der Waals surface area contributed by atoms with Gasteiger partial charge in [0.2, 0.25) is 0 Å². The van der Waals surface area contributed by atoms with E-state index in [-0.39, 0.29) is 6.10 Å². The zero-order valence-corrected chi connectivity index (χ0v) is 7.75. The summed E-state index contributed by atoms with van der Waals surface area (Å²) in [5.74, 6) is -0.335. The lowest BCUT2D eigenvalue weighted by molar-refractivity contribution is -0.218. The van der Waals surface area contributed by atoms with E-state index in [2.05, 4.69) is 6.92 Å². The molecule has 0 aromatic heterocycles. The maximum absolute atomic E-state index is 10.1. The van der Waals surface area contributed by atoms with Crippen LogP contribution in [0.2, 0.25) is 12.1 Å². The predicted molar refractivity (Wildman–Crippen MR) is 49.7 cm³/mol. The minimum Gasteiger partial charge on any atom is -0.366 e. The van der Waals surface area contributed by atoms with Gasteiger partial charge in [-0.3, -0.25) is 0 Å². The Balaban J connectivity index is 2.11. The molecule has 1 aliphatic heterocycles. The molecule has 1 N–H and O–H groups in total. The quantitative estimate of drug-likeness (QED) is 0.552. The zero-order valence-electron chi connectivity index (χ0n) is 7.75. The van der Waals surface area contributed by atoms with Gasteiger partial charge in [0.25, 0.3) is 0 Å². The molecule has 1 saturated heterocycles. The molecule has 3 heteroatoms. The predicted octanol–water partition coefficient (Wildman–Crippen LogP) is 1.31. The lowest BCUT2D eigenvalue weighted by Crippen LogP contribution is -2.36. The average molecular weight is 168 g/mol. The van der Waals surface area contributed by atoms with E-state index in [0.29, 0.717) is 5.82 Å². The zero-order chi connectivity index (χ0) is 8.60. The summed E-state index contributed by atoms with van der Waals surface area (Å²) < 4.78 is 5.68. The molecule has 12 heavy (non-hydrogen) atoms. The number of fused-ring (bicyclic) bond motifs is 1. The highest BCUT2D eigenvalue weighted by molar-refractivity contribution is 6.38. The van der Waals surface area contributed by atoms with Crippen LogP contribution in [0, 0.1) is 0 Å². The molecule has 2 fully saturated rings. The maximum atomic E-state index is 10.1. The third kappa shape index (κ3) is 1.40. The molecular weight excluding hydrogens is 151 g/mol. The first-order chi connectivity index (χ1) is 5.71. The van der Waals surface area contributed by atoms with Crippen molar-refractivity contribution >= 4 is 7.28 Å². The molecule has 0 radical (unpaired) electrons. The molecule has 1 aliphatic carbocycles. The summed E-state index contributed by atoms with van der Waals surface area (Å²) in [6, 6.07) is 0. The Kier molecular flexibility index (Phi) is 2.17. The van der Waals surface area contributed by atoms with Gasteiger partial charge < -0.3 is 9.84 Å². The second-order valence-corrected chi connectivity index (χ2v) is 4.29. The van der Waals surface area contributed by atoms with E-state index in [1.54, 1.807) is 0 Å². The molecule has 0 amide bonds. The fourth-order valence-corrected chi connectivity index (χ4v) is 2.62. The van der Waals surface area contributed by atoms with E-state index in [9.17, 15) is 5.11 Å². The Labute approximate surface area is 74.5 Å². The fraction of sp³-hybridized carbons (Fsp3) is 1.00. The number of ether oxygens (including phenoxy) is 1. The van der Waals surface area contributed by atoms with Crippen molar-refractivity contribution in [2.45, 2.75) is 56.6 Å². The topological polar surface area (TPSA) is 29.5 Å². The van der Waals surface area contributed by atoms with Crippen LogP contribution in [0.5, 0.6) is 0 Å². The van der Waals surface area contributed by atoms with E-state index in [1.165, 1.54) is 6.32 Å². The Hall–Kier alpha value is -0.0151. The standard InChI is InChI=1S/C9H17BO2/c1-7-4-6-10-8-3-2-5-9(8,11)12-7/h7-8,10-11H,2-6H2,1H3. The Morgan fingerprint density at radius 3 is 3.17 bits per heavy atom. The molecule has 3 atom stereocenters. The van der Waals surface area contributed by atoms with Crippen LogP contribution in [-0.2, 0) is 4.74 Å². The average Bonchev–Trinajstić information content (AvgIpc) is 2.26. The van der Waals surface area contributed by atoms with E-state index in [0.717, 1.165) is 33.0 Å². The Morgan fingerprint density at radius 1 is 1.50 bits per heavy atom. The van der Waals surface area contributed by atoms with Crippen LogP contribution < -0.4 is 0 Å². The minimum atomic E-state index is -0.754. The SMILES string of the molecule is CC1CCBC2CCCC2(O)O1. The van der Waals surface area contributed by atoms with Gasteiger partial charge in [-0.05, 0) is 25.6 Å². The van der Waals surface area contributed by atoms with Gasteiger partial charge in [-0.25, -0.2) is 0 Å². The third-order valence-electron chi connectivity index (χ3n) is 3.29. The normalized spacial score (nSPS) is 47.8. The number of rotatable bonds is 0. The molecule has 0 aromatic rings. The van der Waals surface area contributed by atoms with Crippen molar-refractivity contribution in [2.75, 3.05) is 0 Å². The number of hydrogen-bond acceptors (Lipinski definition) is 2. The van der Waals surface area contributed by atoms with Gasteiger partial charge in [0.05, 0.1) is 6.10 Å². The van der Waals surface area contributed by atoms with Crippen molar-refractivity contribution in [3.8, 4) is 0 Å². The minimum absolute atomic E-state index is 0.248. The van der Waals surface area contributed by atoms with Crippen molar-refractivity contribution in [1.29, 1.82) is 0 Å². The molecule has 1 heterocycles. The van der Waals surface area contributed by atoms with E-state index in [1.807, 2.05) is 0 Å². The highest BCUT2D eigenvalue weighted by Crippen LogP contribution is 2.43. The summed E-state index contributed by atoms with van der Waals surface area (Å²) in [5, 5.41) is 10.1. The second-order valence-electron chi connectivity index (χ2n) is 4.29. The summed E-state index contributed by atoms with van der Waals surface area (Å²) >= 11 is 0. The lowest BCUT2D eigenvalue weighted by Gasteiger charge is -2.29. The maximum Gasteiger partial charge on any atom is 0.161 e. The summed E-state index contributed by atoms with van der Waals surface area (Å²) in [6.45, 7) is 2.07. The van der Waals surface area contributed by atoms with Crippen LogP contribution in [-0.4, -0.2) is 24.3 Å². The van der Waals surface area contributed by atoms with Crippen molar-refractivity contribution in [3.05, 3.63) is 0 Å². The van der Waals surface area contributed by atoms with Gasteiger partial charge in [-0.15, -0.1) is 0 Å². The van der Waals surface area contributed by atoms with Crippen LogP contribution >= 0.6 is 0 Å². The van der Waals surface area contributed by atoms with Gasteiger partial charge in [0.1, 0.15) is 7.28 Å². The molecule has 1 saturated carbocycles. The largest absolute Gasteiger partial charge is 0.366 e. The van der Waals surface area contributed by atoms with Crippen LogP contribution in [0.3, 0.4) is 0 Å². The van der Waals surface area contributed by atoms with Crippen molar-refractivity contribution < 1.29 is 9.84 Å². The smallest absolute Gasteiger partial charge is 0.161 e. The molecular formula is C9H17BO2. The van der Waals surface area contributed by atoms with E-state index < -0.39 is 5.79 Å². The summed E-state index contributed by atoms with van der Waals surface area (Å²) in [5.41, 5.74) is 0. The second kappa shape index (κ2) is 3.04. The van der Waals surface area contributed by atoms with Crippen molar-refractivity contribution in [1.82, 2.24) is 0 Å². The molecule has 0 bridgehead atoms. The van der Waals surface area contributed by atoms with Gasteiger partial charge >= 0.3 is 0 Å². The van der Waals surface area contributed by atoms with Gasteiger partial charge in [0.15, 0.2) is 5.79 Å². The van der Waals surface area contributed by atoms with E-state index >= 15 is 0 Å². The van der Waals surface area contributed by atoms with Crippen LogP contribution in [0.25, 0.3) is 0 Å². The molecule has 0 spiro atoms. The van der Waals surface area contributed by atoms with Gasteiger partial charge in [-0.2, -0.15) is 0 Å². The van der Waals surface area contributed by atoms with Gasteiger partial charge in [0, 0.05) is 6.42 Å². The summed E-state index contributed by atoms with van der Waals surface area (Å²) in [7, 11) is 1.15. The van der Waals surface area contributed by atoms with Crippen LogP contribution in [0.15, 0.2) is 0 Å².